The molecule has 0 atom stereocenters. The topological polar surface area (TPSA) is 82.8 Å². The summed E-state index contributed by atoms with van der Waals surface area (Å²) in [6.45, 7) is 0. The smallest absolute Gasteiger partial charge is 0.164 e. The minimum atomic E-state index is 0.565. The van der Waals surface area contributed by atoms with Crippen molar-refractivity contribution >= 4 is 65.8 Å². The molecular formula is C44H25N5O2. The summed E-state index contributed by atoms with van der Waals surface area (Å²) in [4.78, 5) is 19.7. The maximum atomic E-state index is 6.57. The molecule has 0 aliphatic heterocycles. The van der Waals surface area contributed by atoms with Crippen molar-refractivity contribution in [3.8, 4) is 39.9 Å². The van der Waals surface area contributed by atoms with Crippen LogP contribution in [0.25, 0.3) is 106 Å². The lowest BCUT2D eigenvalue weighted by atomic mass is 10.1. The van der Waals surface area contributed by atoms with Gasteiger partial charge < -0.3 is 8.83 Å². The standard InChI is InChI=1S/C44H25N5O2/c1-2-9-26(10-3-1)41-46-42(27-17-21-38-35(23-27)31-12-5-7-15-37(31)50-38)48-43(47-41)28-16-19-32-33-20-18-29(25-40(33)51-39(32)24-28)49-36-14-6-4-11-30(36)34-13-8-22-45-44(34)49/h1-25H. The normalized spacial score (nSPS) is 11.9. The fraction of sp³-hybridized carbons (Fsp3) is 0. The monoisotopic (exact) mass is 655 g/mol. The molecule has 0 bridgehead atoms. The first-order valence-electron chi connectivity index (χ1n) is 16.8. The van der Waals surface area contributed by atoms with E-state index in [1.54, 1.807) is 0 Å². The maximum Gasteiger partial charge on any atom is 0.164 e. The predicted molar refractivity (Wildman–Crippen MR) is 203 cm³/mol. The van der Waals surface area contributed by atoms with E-state index in [-0.39, 0.29) is 0 Å². The molecule has 5 aromatic heterocycles. The van der Waals surface area contributed by atoms with Gasteiger partial charge in [0, 0.05) is 61.3 Å². The van der Waals surface area contributed by atoms with Crippen molar-refractivity contribution in [2.45, 2.75) is 0 Å². The fourth-order valence-electron chi connectivity index (χ4n) is 7.32. The largest absolute Gasteiger partial charge is 0.456 e. The molecule has 7 heteroatoms. The van der Waals surface area contributed by atoms with Gasteiger partial charge in [0.15, 0.2) is 17.5 Å². The second-order valence-corrected chi connectivity index (χ2v) is 12.7. The Hall–Kier alpha value is -7.12. The number of rotatable bonds is 4. The highest BCUT2D eigenvalue weighted by Crippen LogP contribution is 2.37. The first kappa shape index (κ1) is 27.8. The average Bonchev–Trinajstić information content (AvgIpc) is 3.86. The summed E-state index contributed by atoms with van der Waals surface area (Å²) in [6, 6.07) is 49.2. The molecule has 0 amide bonds. The molecule has 11 rings (SSSR count). The van der Waals surface area contributed by atoms with E-state index in [4.69, 9.17) is 28.8 Å². The number of aromatic nitrogens is 5. The molecule has 7 nitrogen and oxygen atoms in total. The fourth-order valence-corrected chi connectivity index (χ4v) is 7.32. The highest BCUT2D eigenvalue weighted by Gasteiger charge is 2.18. The van der Waals surface area contributed by atoms with Gasteiger partial charge in [0.1, 0.15) is 28.0 Å². The van der Waals surface area contributed by atoms with E-state index in [0.717, 1.165) is 82.8 Å². The third-order valence-electron chi connectivity index (χ3n) is 9.71. The summed E-state index contributed by atoms with van der Waals surface area (Å²) < 4.78 is 14.9. The van der Waals surface area contributed by atoms with Gasteiger partial charge in [-0.25, -0.2) is 19.9 Å². The number of hydrogen-bond acceptors (Lipinski definition) is 6. The van der Waals surface area contributed by atoms with Gasteiger partial charge in [-0.3, -0.25) is 4.57 Å². The van der Waals surface area contributed by atoms with E-state index in [9.17, 15) is 0 Å². The molecule has 5 heterocycles. The zero-order valence-electron chi connectivity index (χ0n) is 27.0. The molecule has 0 aliphatic carbocycles. The Morgan fingerprint density at radius 2 is 1.00 bits per heavy atom. The van der Waals surface area contributed by atoms with Gasteiger partial charge in [0.2, 0.25) is 0 Å². The van der Waals surface area contributed by atoms with Gasteiger partial charge in [-0.05, 0) is 66.7 Å². The zero-order valence-corrected chi connectivity index (χ0v) is 27.0. The van der Waals surface area contributed by atoms with Gasteiger partial charge in [-0.2, -0.15) is 0 Å². The summed E-state index contributed by atoms with van der Waals surface area (Å²) in [5, 5.41) is 6.42. The van der Waals surface area contributed by atoms with Crippen LogP contribution < -0.4 is 0 Å². The zero-order chi connectivity index (χ0) is 33.5. The molecular weight excluding hydrogens is 631 g/mol. The number of hydrogen-bond donors (Lipinski definition) is 0. The van der Waals surface area contributed by atoms with E-state index in [2.05, 4.69) is 77.4 Å². The van der Waals surface area contributed by atoms with Crippen molar-refractivity contribution < 1.29 is 8.83 Å². The minimum absolute atomic E-state index is 0.565. The third-order valence-corrected chi connectivity index (χ3v) is 9.71. The molecule has 238 valence electrons. The molecule has 11 aromatic rings. The lowest BCUT2D eigenvalue weighted by Crippen LogP contribution is -2.00. The highest BCUT2D eigenvalue weighted by molar-refractivity contribution is 6.10. The van der Waals surface area contributed by atoms with Crippen molar-refractivity contribution in [2.75, 3.05) is 0 Å². The molecule has 0 aliphatic rings. The maximum absolute atomic E-state index is 6.57. The molecule has 0 fully saturated rings. The van der Waals surface area contributed by atoms with Gasteiger partial charge in [0.05, 0.1) is 11.2 Å². The number of para-hydroxylation sites is 2. The van der Waals surface area contributed by atoms with Gasteiger partial charge in [-0.1, -0.05) is 72.8 Å². The van der Waals surface area contributed by atoms with Crippen molar-refractivity contribution in [3.05, 3.63) is 152 Å². The van der Waals surface area contributed by atoms with Gasteiger partial charge in [0.25, 0.3) is 0 Å². The lowest BCUT2D eigenvalue weighted by molar-refractivity contribution is 0.668. The predicted octanol–water partition coefficient (Wildman–Crippen LogP) is 11.2. The summed E-state index contributed by atoms with van der Waals surface area (Å²) in [5.74, 6) is 1.75. The Balaban J connectivity index is 1.06. The van der Waals surface area contributed by atoms with Gasteiger partial charge >= 0.3 is 0 Å². The SMILES string of the molecule is c1ccc(-c2nc(-c3ccc4c(c3)oc3cc(-n5c6ccccc6c6cccnc65)ccc34)nc(-c3ccc4oc5ccccc5c4c3)n2)cc1. The molecule has 0 radical (unpaired) electrons. The first-order valence-corrected chi connectivity index (χ1v) is 16.8. The average molecular weight is 656 g/mol. The molecule has 0 spiro atoms. The van der Waals surface area contributed by atoms with Gasteiger partial charge in [-0.15, -0.1) is 0 Å². The van der Waals surface area contributed by atoms with E-state index in [1.807, 2.05) is 79.0 Å². The van der Waals surface area contributed by atoms with Crippen LogP contribution in [0.1, 0.15) is 0 Å². The molecule has 0 N–H and O–H groups in total. The van der Waals surface area contributed by atoms with E-state index < -0.39 is 0 Å². The number of nitrogens with zero attached hydrogens (tertiary/aromatic N) is 5. The minimum Gasteiger partial charge on any atom is -0.456 e. The van der Waals surface area contributed by atoms with E-state index in [1.165, 1.54) is 5.39 Å². The quantitative estimate of drug-likeness (QED) is 0.188. The van der Waals surface area contributed by atoms with Crippen molar-refractivity contribution in [1.82, 2.24) is 24.5 Å². The highest BCUT2D eigenvalue weighted by atomic mass is 16.3. The lowest BCUT2D eigenvalue weighted by Gasteiger charge is -2.08. The van der Waals surface area contributed by atoms with Crippen LogP contribution in [0.2, 0.25) is 0 Å². The van der Waals surface area contributed by atoms with E-state index in [0.29, 0.717) is 17.5 Å². The van der Waals surface area contributed by atoms with Crippen LogP contribution in [-0.4, -0.2) is 24.5 Å². The number of benzene rings is 6. The molecule has 0 saturated heterocycles. The van der Waals surface area contributed by atoms with Crippen molar-refractivity contribution in [1.29, 1.82) is 0 Å². The number of furan rings is 2. The Morgan fingerprint density at radius 1 is 0.392 bits per heavy atom. The summed E-state index contributed by atoms with van der Waals surface area (Å²) >= 11 is 0. The van der Waals surface area contributed by atoms with Crippen LogP contribution in [0.4, 0.5) is 0 Å². The molecule has 6 aromatic carbocycles. The first-order chi connectivity index (χ1) is 25.2. The van der Waals surface area contributed by atoms with E-state index >= 15 is 0 Å². The van der Waals surface area contributed by atoms with Crippen LogP contribution >= 0.6 is 0 Å². The third kappa shape index (κ3) is 4.31. The summed E-state index contributed by atoms with van der Waals surface area (Å²) in [5.41, 5.74) is 8.86. The Kier molecular flexibility index (Phi) is 5.83. The van der Waals surface area contributed by atoms with Crippen LogP contribution in [0.3, 0.4) is 0 Å². The second kappa shape index (κ2) is 10.7. The Bertz CT molecular complexity index is 3100. The summed E-state index contributed by atoms with van der Waals surface area (Å²) in [6.07, 6.45) is 1.84. The summed E-state index contributed by atoms with van der Waals surface area (Å²) in [7, 11) is 0. The second-order valence-electron chi connectivity index (χ2n) is 12.7. The Morgan fingerprint density at radius 3 is 1.86 bits per heavy atom. The van der Waals surface area contributed by atoms with Crippen molar-refractivity contribution in [3.63, 3.8) is 0 Å². The Labute approximate surface area is 290 Å². The molecule has 0 unspecified atom stereocenters. The van der Waals surface area contributed by atoms with Crippen LogP contribution in [0, 0.1) is 0 Å². The van der Waals surface area contributed by atoms with Crippen molar-refractivity contribution in [2.24, 2.45) is 0 Å². The van der Waals surface area contributed by atoms with Crippen LogP contribution in [0.5, 0.6) is 0 Å². The molecule has 51 heavy (non-hydrogen) atoms. The number of pyridine rings is 1. The number of fused-ring (bicyclic) bond motifs is 9. The molecule has 0 saturated carbocycles. The van der Waals surface area contributed by atoms with Crippen LogP contribution in [-0.2, 0) is 0 Å². The van der Waals surface area contributed by atoms with Crippen LogP contribution in [0.15, 0.2) is 161 Å².